The van der Waals surface area contributed by atoms with Gasteiger partial charge < -0.3 is 5.32 Å². The van der Waals surface area contributed by atoms with E-state index in [0.717, 1.165) is 11.6 Å². The molecule has 1 saturated heterocycles. The first-order chi connectivity index (χ1) is 7.36. The highest BCUT2D eigenvalue weighted by molar-refractivity contribution is 7.99. The molecule has 2 rings (SSSR count). The first-order valence-corrected chi connectivity index (χ1v) is 5.93. The van der Waals surface area contributed by atoms with E-state index in [9.17, 15) is 4.79 Å². The van der Waals surface area contributed by atoms with Crippen molar-refractivity contribution in [3.05, 3.63) is 12.7 Å². The zero-order valence-electron chi connectivity index (χ0n) is 8.63. The van der Waals surface area contributed by atoms with Gasteiger partial charge in [0.25, 0.3) is 0 Å². The number of rotatable bonds is 4. The van der Waals surface area contributed by atoms with E-state index in [2.05, 4.69) is 20.7 Å². The van der Waals surface area contributed by atoms with Crippen LogP contribution in [0, 0.1) is 0 Å². The molecular formula is C8H14ClN5OS. The summed E-state index contributed by atoms with van der Waals surface area (Å²) < 4.78 is 1.69. The van der Waals surface area contributed by atoms with Gasteiger partial charge in [0.1, 0.15) is 12.7 Å². The maximum absolute atomic E-state index is 11.5. The highest BCUT2D eigenvalue weighted by Crippen LogP contribution is 2.08. The molecular weight excluding hydrogens is 250 g/mol. The van der Waals surface area contributed by atoms with Crippen LogP contribution < -0.4 is 10.6 Å². The first kappa shape index (κ1) is 13.3. The summed E-state index contributed by atoms with van der Waals surface area (Å²) in [5.41, 5.74) is 0. The summed E-state index contributed by atoms with van der Waals surface area (Å²) in [5.74, 6) is 1.79. The van der Waals surface area contributed by atoms with Gasteiger partial charge in [-0.25, -0.2) is 4.98 Å². The molecule has 0 spiro atoms. The molecule has 0 saturated carbocycles. The Labute approximate surface area is 104 Å². The Bertz CT molecular complexity index is 314. The quantitative estimate of drug-likeness (QED) is 0.765. The van der Waals surface area contributed by atoms with Gasteiger partial charge in [-0.15, -0.1) is 24.2 Å². The van der Waals surface area contributed by atoms with Crippen molar-refractivity contribution in [1.29, 1.82) is 0 Å². The summed E-state index contributed by atoms with van der Waals surface area (Å²) in [7, 11) is 0. The highest BCUT2D eigenvalue weighted by Gasteiger charge is 2.21. The average molecular weight is 264 g/mol. The van der Waals surface area contributed by atoms with Crippen LogP contribution in [0.5, 0.6) is 0 Å². The third-order valence-corrected chi connectivity index (χ3v) is 3.08. The fourth-order valence-electron chi connectivity index (χ4n) is 1.33. The van der Waals surface area contributed by atoms with Crippen LogP contribution in [0.15, 0.2) is 12.7 Å². The molecule has 16 heavy (non-hydrogen) atoms. The molecule has 1 aliphatic rings. The number of hydrogen-bond acceptors (Lipinski definition) is 5. The van der Waals surface area contributed by atoms with Crippen molar-refractivity contribution in [2.45, 2.75) is 12.6 Å². The number of aromatic nitrogens is 3. The minimum absolute atomic E-state index is 0. The van der Waals surface area contributed by atoms with Gasteiger partial charge in [0, 0.05) is 18.2 Å². The van der Waals surface area contributed by atoms with E-state index in [-0.39, 0.29) is 24.4 Å². The molecule has 0 aromatic carbocycles. The van der Waals surface area contributed by atoms with Crippen molar-refractivity contribution in [3.63, 3.8) is 0 Å². The molecule has 0 aliphatic carbocycles. The number of halogens is 1. The lowest BCUT2D eigenvalue weighted by atomic mass is 10.3. The van der Waals surface area contributed by atoms with E-state index in [0.29, 0.717) is 13.1 Å². The SMILES string of the molecule is Cl.O=C(NCCn1cncn1)[C@H]1CSCN1. The number of amides is 1. The first-order valence-electron chi connectivity index (χ1n) is 4.77. The number of nitrogens with zero attached hydrogens (tertiary/aromatic N) is 3. The van der Waals surface area contributed by atoms with Crippen LogP contribution in [0.25, 0.3) is 0 Å². The van der Waals surface area contributed by atoms with Gasteiger partial charge in [0.15, 0.2) is 0 Å². The molecule has 1 aromatic heterocycles. The summed E-state index contributed by atoms with van der Waals surface area (Å²) in [6.45, 7) is 1.25. The predicted molar refractivity (Wildman–Crippen MR) is 64.5 cm³/mol. The third kappa shape index (κ3) is 3.66. The Morgan fingerprint density at radius 1 is 1.69 bits per heavy atom. The van der Waals surface area contributed by atoms with E-state index in [1.54, 1.807) is 22.8 Å². The fourth-order valence-corrected chi connectivity index (χ4v) is 2.27. The number of thioether (sulfide) groups is 1. The Morgan fingerprint density at radius 3 is 3.19 bits per heavy atom. The zero-order valence-corrected chi connectivity index (χ0v) is 10.3. The van der Waals surface area contributed by atoms with E-state index in [4.69, 9.17) is 0 Å². The van der Waals surface area contributed by atoms with Gasteiger partial charge >= 0.3 is 0 Å². The van der Waals surface area contributed by atoms with Crippen molar-refractivity contribution in [3.8, 4) is 0 Å². The molecule has 6 nitrogen and oxygen atoms in total. The summed E-state index contributed by atoms with van der Waals surface area (Å²) >= 11 is 1.74. The monoisotopic (exact) mass is 263 g/mol. The Morgan fingerprint density at radius 2 is 2.56 bits per heavy atom. The van der Waals surface area contributed by atoms with E-state index in [1.807, 2.05) is 0 Å². The van der Waals surface area contributed by atoms with Crippen LogP contribution in [0.4, 0.5) is 0 Å². The standard InChI is InChI=1S/C8H13N5OS.ClH/c14-8(7-3-15-6-11-7)10-1-2-13-5-9-4-12-13;/h4-5,7,11H,1-3,6H2,(H,10,14);1H/t7-;/m1./s1. The minimum atomic E-state index is -0.0363. The fraction of sp³-hybridized carbons (Fsp3) is 0.625. The van der Waals surface area contributed by atoms with Gasteiger partial charge in [-0.05, 0) is 0 Å². The van der Waals surface area contributed by atoms with Gasteiger partial charge in [0.2, 0.25) is 5.91 Å². The Balaban J connectivity index is 0.00000128. The Kier molecular flexibility index (Phi) is 5.58. The second-order valence-electron chi connectivity index (χ2n) is 3.22. The predicted octanol–water partition coefficient (Wildman–Crippen LogP) is -0.521. The summed E-state index contributed by atoms with van der Waals surface area (Å²) in [6.07, 6.45) is 3.12. The largest absolute Gasteiger partial charge is 0.353 e. The molecule has 2 N–H and O–H groups in total. The highest BCUT2D eigenvalue weighted by atomic mass is 35.5. The van der Waals surface area contributed by atoms with Crippen molar-refractivity contribution in [1.82, 2.24) is 25.4 Å². The molecule has 1 aromatic rings. The van der Waals surface area contributed by atoms with E-state index < -0.39 is 0 Å². The third-order valence-electron chi connectivity index (χ3n) is 2.14. The summed E-state index contributed by atoms with van der Waals surface area (Å²) in [4.78, 5) is 15.4. The van der Waals surface area contributed by atoms with Crippen LogP contribution >= 0.6 is 24.2 Å². The van der Waals surface area contributed by atoms with Crippen molar-refractivity contribution >= 4 is 30.1 Å². The second kappa shape index (κ2) is 6.72. The topological polar surface area (TPSA) is 71.8 Å². The number of hydrogen-bond donors (Lipinski definition) is 2. The van der Waals surface area contributed by atoms with Crippen molar-refractivity contribution in [2.75, 3.05) is 18.2 Å². The smallest absolute Gasteiger partial charge is 0.238 e. The lowest BCUT2D eigenvalue weighted by Crippen LogP contribution is -2.43. The molecule has 8 heteroatoms. The van der Waals surface area contributed by atoms with Crippen molar-refractivity contribution in [2.24, 2.45) is 0 Å². The van der Waals surface area contributed by atoms with E-state index in [1.165, 1.54) is 6.33 Å². The summed E-state index contributed by atoms with van der Waals surface area (Å²) in [6, 6.07) is -0.0363. The summed E-state index contributed by atoms with van der Waals surface area (Å²) in [5, 5.41) is 9.92. The minimum Gasteiger partial charge on any atom is -0.353 e. The van der Waals surface area contributed by atoms with Crippen LogP contribution in [0.2, 0.25) is 0 Å². The normalized spacial score (nSPS) is 19.1. The van der Waals surface area contributed by atoms with Crippen LogP contribution in [-0.4, -0.2) is 44.9 Å². The molecule has 1 amide bonds. The van der Waals surface area contributed by atoms with E-state index >= 15 is 0 Å². The maximum atomic E-state index is 11.5. The average Bonchev–Trinajstić information content (AvgIpc) is 2.90. The molecule has 90 valence electrons. The van der Waals surface area contributed by atoms with Gasteiger partial charge in [-0.1, -0.05) is 0 Å². The maximum Gasteiger partial charge on any atom is 0.238 e. The molecule has 0 unspecified atom stereocenters. The zero-order chi connectivity index (χ0) is 10.5. The lowest BCUT2D eigenvalue weighted by molar-refractivity contribution is -0.122. The number of carbonyl (C=O) groups is 1. The second-order valence-corrected chi connectivity index (χ2v) is 4.25. The van der Waals surface area contributed by atoms with Gasteiger partial charge in [-0.2, -0.15) is 5.10 Å². The Hall–Kier alpha value is -0.790. The molecule has 1 atom stereocenters. The number of carbonyl (C=O) groups excluding carboxylic acids is 1. The van der Waals surface area contributed by atoms with Gasteiger partial charge in [0.05, 0.1) is 12.6 Å². The molecule has 2 heterocycles. The van der Waals surface area contributed by atoms with Crippen LogP contribution in [0.3, 0.4) is 0 Å². The molecule has 1 aliphatic heterocycles. The van der Waals surface area contributed by atoms with Crippen LogP contribution in [-0.2, 0) is 11.3 Å². The number of nitrogens with one attached hydrogen (secondary N) is 2. The molecule has 0 bridgehead atoms. The van der Waals surface area contributed by atoms with Crippen molar-refractivity contribution < 1.29 is 4.79 Å². The van der Waals surface area contributed by atoms with Crippen LogP contribution in [0.1, 0.15) is 0 Å². The van der Waals surface area contributed by atoms with Gasteiger partial charge in [-0.3, -0.25) is 14.8 Å². The molecule has 1 fully saturated rings. The molecule has 0 radical (unpaired) electrons. The lowest BCUT2D eigenvalue weighted by Gasteiger charge is -2.09.